The minimum absolute atomic E-state index is 0.0219. The van der Waals surface area contributed by atoms with Gasteiger partial charge in [-0.15, -0.1) is 0 Å². The Kier molecular flexibility index (Phi) is 5.52. The van der Waals surface area contributed by atoms with Gasteiger partial charge in [0, 0.05) is 5.69 Å². The maximum atomic E-state index is 12.6. The molecule has 2 nitrogen and oxygen atoms in total. The van der Waals surface area contributed by atoms with E-state index < -0.39 is 0 Å². The van der Waals surface area contributed by atoms with Gasteiger partial charge in [0.2, 0.25) is 5.91 Å². The number of aryl methyl sites for hydroxylation is 1. The second kappa shape index (κ2) is 8.01. The minimum Gasteiger partial charge on any atom is -0.325 e. The molecule has 3 rings (SSSR count). The molecule has 3 aromatic carbocycles. The Morgan fingerprint density at radius 3 is 2.15 bits per heavy atom. The molecular weight excluding hydrogens is 318 g/mol. The Morgan fingerprint density at radius 1 is 0.846 bits per heavy atom. The zero-order valence-electron chi connectivity index (χ0n) is 15.6. The fraction of sp³-hybridized carbons (Fsp3) is 0.208. The van der Waals surface area contributed by atoms with Gasteiger partial charge < -0.3 is 5.32 Å². The van der Waals surface area contributed by atoms with E-state index in [0.717, 1.165) is 22.4 Å². The molecule has 1 amide bonds. The van der Waals surface area contributed by atoms with Gasteiger partial charge in [-0.05, 0) is 40.7 Å². The lowest BCUT2D eigenvalue weighted by Gasteiger charge is -2.16. The zero-order chi connectivity index (χ0) is 18.5. The van der Waals surface area contributed by atoms with Crippen LogP contribution in [0.2, 0.25) is 0 Å². The third kappa shape index (κ3) is 4.20. The second-order valence-corrected chi connectivity index (χ2v) is 6.98. The molecule has 0 unspecified atom stereocenters. The molecular formula is C24H25NO. The van der Waals surface area contributed by atoms with Crippen LogP contribution in [-0.2, 0) is 11.2 Å². The number of anilines is 1. The van der Waals surface area contributed by atoms with Gasteiger partial charge in [-0.25, -0.2) is 0 Å². The second-order valence-electron chi connectivity index (χ2n) is 6.98. The molecule has 0 spiro atoms. The molecule has 132 valence electrons. The Labute approximate surface area is 155 Å². The highest BCUT2D eigenvalue weighted by atomic mass is 16.1. The van der Waals surface area contributed by atoms with E-state index in [1.54, 1.807) is 0 Å². The van der Waals surface area contributed by atoms with Gasteiger partial charge in [-0.1, -0.05) is 86.6 Å². The van der Waals surface area contributed by atoms with Gasteiger partial charge in [-0.2, -0.15) is 0 Å². The summed E-state index contributed by atoms with van der Waals surface area (Å²) < 4.78 is 0. The minimum atomic E-state index is 0.0219. The van der Waals surface area contributed by atoms with Crippen molar-refractivity contribution < 1.29 is 4.79 Å². The average molecular weight is 343 g/mol. The van der Waals surface area contributed by atoms with Crippen LogP contribution in [0.4, 0.5) is 5.69 Å². The summed E-state index contributed by atoms with van der Waals surface area (Å²) >= 11 is 0. The van der Waals surface area contributed by atoms with Crippen LogP contribution >= 0.6 is 0 Å². The summed E-state index contributed by atoms with van der Waals surface area (Å²) in [5, 5.41) is 3.12. The molecule has 0 atom stereocenters. The standard InChI is InChI=1S/C24H25NO/c1-17(2)22-11-7-8-18(3)24(22)25-23(26)16-19-12-14-21(15-13-19)20-9-5-4-6-10-20/h4-15,17H,16H2,1-3H3,(H,25,26). The van der Waals surface area contributed by atoms with E-state index in [9.17, 15) is 4.79 Å². The molecule has 0 heterocycles. The highest BCUT2D eigenvalue weighted by Crippen LogP contribution is 2.27. The quantitative estimate of drug-likeness (QED) is 0.608. The van der Waals surface area contributed by atoms with Gasteiger partial charge >= 0.3 is 0 Å². The largest absolute Gasteiger partial charge is 0.325 e. The number of para-hydroxylation sites is 1. The number of carbonyl (C=O) groups is 1. The lowest BCUT2D eigenvalue weighted by atomic mass is 9.98. The lowest BCUT2D eigenvalue weighted by Crippen LogP contribution is -2.16. The van der Waals surface area contributed by atoms with Crippen LogP contribution in [-0.4, -0.2) is 5.91 Å². The van der Waals surface area contributed by atoms with Gasteiger partial charge in [0.1, 0.15) is 0 Å². The summed E-state index contributed by atoms with van der Waals surface area (Å²) in [5.41, 5.74) is 6.60. The number of hydrogen-bond acceptors (Lipinski definition) is 1. The van der Waals surface area contributed by atoms with Gasteiger partial charge in [0.05, 0.1) is 6.42 Å². The molecule has 26 heavy (non-hydrogen) atoms. The summed E-state index contributed by atoms with van der Waals surface area (Å²) in [6.07, 6.45) is 0.376. The predicted octanol–water partition coefficient (Wildman–Crippen LogP) is 5.97. The van der Waals surface area contributed by atoms with Crippen LogP contribution < -0.4 is 5.32 Å². The summed E-state index contributed by atoms with van der Waals surface area (Å²) in [6, 6.07) is 24.6. The normalized spacial score (nSPS) is 10.8. The number of benzene rings is 3. The first-order chi connectivity index (χ1) is 12.5. The molecule has 0 aromatic heterocycles. The number of rotatable bonds is 5. The lowest BCUT2D eigenvalue weighted by molar-refractivity contribution is -0.115. The van der Waals surface area contributed by atoms with E-state index in [4.69, 9.17) is 0 Å². The molecule has 3 aromatic rings. The van der Waals surface area contributed by atoms with Gasteiger partial charge in [0.15, 0.2) is 0 Å². The van der Waals surface area contributed by atoms with E-state index in [1.807, 2.05) is 49.4 Å². The van der Waals surface area contributed by atoms with E-state index in [0.29, 0.717) is 12.3 Å². The third-order valence-corrected chi connectivity index (χ3v) is 4.62. The van der Waals surface area contributed by atoms with E-state index in [-0.39, 0.29) is 5.91 Å². The summed E-state index contributed by atoms with van der Waals surface area (Å²) in [7, 11) is 0. The first kappa shape index (κ1) is 17.9. The summed E-state index contributed by atoms with van der Waals surface area (Å²) in [6.45, 7) is 6.33. The Hall–Kier alpha value is -2.87. The molecule has 0 saturated heterocycles. The smallest absolute Gasteiger partial charge is 0.228 e. The van der Waals surface area contributed by atoms with Crippen molar-refractivity contribution in [2.75, 3.05) is 5.32 Å². The molecule has 0 fully saturated rings. The van der Waals surface area contributed by atoms with Crippen LogP contribution in [0.1, 0.15) is 36.5 Å². The molecule has 2 heteroatoms. The molecule has 0 aliphatic rings. The fourth-order valence-corrected chi connectivity index (χ4v) is 3.16. The highest BCUT2D eigenvalue weighted by molar-refractivity contribution is 5.94. The Morgan fingerprint density at radius 2 is 1.50 bits per heavy atom. The van der Waals surface area contributed by atoms with Crippen molar-refractivity contribution >= 4 is 11.6 Å². The van der Waals surface area contributed by atoms with Crippen LogP contribution in [0, 0.1) is 6.92 Å². The van der Waals surface area contributed by atoms with Crippen molar-refractivity contribution in [1.82, 2.24) is 0 Å². The summed E-state index contributed by atoms with van der Waals surface area (Å²) in [5.74, 6) is 0.393. The van der Waals surface area contributed by atoms with Crippen LogP contribution in [0.15, 0.2) is 72.8 Å². The number of amides is 1. The number of nitrogens with one attached hydrogen (secondary N) is 1. The van der Waals surface area contributed by atoms with Crippen molar-refractivity contribution in [3.63, 3.8) is 0 Å². The van der Waals surface area contributed by atoms with Crippen molar-refractivity contribution in [2.45, 2.75) is 33.1 Å². The molecule has 0 saturated carbocycles. The molecule has 0 aliphatic carbocycles. The maximum absolute atomic E-state index is 12.6. The molecule has 1 N–H and O–H groups in total. The van der Waals surface area contributed by atoms with Crippen LogP contribution in [0.25, 0.3) is 11.1 Å². The SMILES string of the molecule is Cc1cccc(C(C)C)c1NC(=O)Cc1ccc(-c2ccccc2)cc1. The van der Waals surface area contributed by atoms with Crippen molar-refractivity contribution in [2.24, 2.45) is 0 Å². The maximum Gasteiger partial charge on any atom is 0.228 e. The van der Waals surface area contributed by atoms with Crippen molar-refractivity contribution in [3.05, 3.63) is 89.5 Å². The number of hydrogen-bond donors (Lipinski definition) is 1. The van der Waals surface area contributed by atoms with E-state index in [1.165, 1.54) is 11.1 Å². The van der Waals surface area contributed by atoms with Crippen LogP contribution in [0.3, 0.4) is 0 Å². The van der Waals surface area contributed by atoms with Gasteiger partial charge in [0.25, 0.3) is 0 Å². The monoisotopic (exact) mass is 343 g/mol. The average Bonchev–Trinajstić information content (AvgIpc) is 2.64. The van der Waals surface area contributed by atoms with Gasteiger partial charge in [-0.3, -0.25) is 4.79 Å². The first-order valence-corrected chi connectivity index (χ1v) is 9.08. The topological polar surface area (TPSA) is 29.1 Å². The highest BCUT2D eigenvalue weighted by Gasteiger charge is 2.12. The summed E-state index contributed by atoms with van der Waals surface area (Å²) in [4.78, 5) is 12.6. The third-order valence-electron chi connectivity index (χ3n) is 4.62. The van der Waals surface area contributed by atoms with Crippen molar-refractivity contribution in [1.29, 1.82) is 0 Å². The number of carbonyl (C=O) groups excluding carboxylic acids is 1. The molecule has 0 bridgehead atoms. The zero-order valence-corrected chi connectivity index (χ0v) is 15.6. The van der Waals surface area contributed by atoms with E-state index >= 15 is 0 Å². The fourth-order valence-electron chi connectivity index (χ4n) is 3.16. The Bertz CT molecular complexity index is 880. The van der Waals surface area contributed by atoms with E-state index in [2.05, 4.69) is 49.5 Å². The molecule has 0 aliphatic heterocycles. The first-order valence-electron chi connectivity index (χ1n) is 9.08. The predicted molar refractivity (Wildman–Crippen MR) is 109 cm³/mol. The van der Waals surface area contributed by atoms with Crippen molar-refractivity contribution in [3.8, 4) is 11.1 Å². The molecule has 0 radical (unpaired) electrons. The van der Waals surface area contributed by atoms with Crippen LogP contribution in [0.5, 0.6) is 0 Å². The Balaban J connectivity index is 1.71.